The number of rotatable bonds is 4. The Morgan fingerprint density at radius 3 is 1.97 bits per heavy atom. The Morgan fingerprint density at radius 1 is 0.839 bits per heavy atom. The Labute approximate surface area is 188 Å². The minimum Gasteiger partial charge on any atom is -0.376 e. The van der Waals surface area contributed by atoms with Gasteiger partial charge in [-0.2, -0.15) is 21.6 Å². The Balaban J connectivity index is 1.57. The predicted molar refractivity (Wildman–Crippen MR) is 115 cm³/mol. The third-order valence-corrected chi connectivity index (χ3v) is 8.71. The second-order valence-electron chi connectivity index (χ2n) is 9.24. The Morgan fingerprint density at radius 2 is 1.42 bits per heavy atom. The lowest BCUT2D eigenvalue weighted by molar-refractivity contribution is -0.0500. The molecule has 0 heterocycles. The van der Waals surface area contributed by atoms with Crippen LogP contribution in [0.25, 0.3) is 11.1 Å². The zero-order valence-corrected chi connectivity index (χ0v) is 19.0. The van der Waals surface area contributed by atoms with Crippen LogP contribution in [-0.4, -0.2) is 13.9 Å². The van der Waals surface area contributed by atoms with Gasteiger partial charge >= 0.3 is 15.6 Å². The van der Waals surface area contributed by atoms with Crippen LogP contribution in [0.15, 0.2) is 46.9 Å². The molecule has 0 spiro atoms. The molecule has 4 aliphatic rings. The molecule has 8 heteroatoms. The fourth-order valence-electron chi connectivity index (χ4n) is 6.32. The highest BCUT2D eigenvalue weighted by Gasteiger charge is 2.50. The molecule has 2 aromatic rings. The molecule has 4 aliphatic carbocycles. The van der Waals surface area contributed by atoms with Crippen molar-refractivity contribution in [1.29, 1.82) is 0 Å². The molecule has 4 bridgehead atoms. The third kappa shape index (κ3) is 4.01. The van der Waals surface area contributed by atoms with E-state index in [4.69, 9.17) is 0 Å². The van der Waals surface area contributed by atoms with E-state index in [1.165, 1.54) is 18.6 Å². The Bertz CT molecular complexity index is 1070. The zero-order valence-electron chi connectivity index (χ0n) is 16.6. The average Bonchev–Trinajstić information content (AvgIpc) is 2.66. The summed E-state index contributed by atoms with van der Waals surface area (Å²) in [6.45, 7) is 0. The van der Waals surface area contributed by atoms with Gasteiger partial charge in [0.25, 0.3) is 0 Å². The number of halogens is 4. The van der Waals surface area contributed by atoms with Gasteiger partial charge < -0.3 is 4.18 Å². The van der Waals surface area contributed by atoms with Crippen molar-refractivity contribution in [2.45, 2.75) is 43.5 Å². The van der Waals surface area contributed by atoms with E-state index < -0.39 is 15.6 Å². The maximum atomic E-state index is 13.0. The minimum absolute atomic E-state index is 0.235. The van der Waals surface area contributed by atoms with Crippen molar-refractivity contribution in [2.24, 2.45) is 23.7 Å². The summed E-state index contributed by atoms with van der Waals surface area (Å²) in [4.78, 5) is 0. The first-order valence-corrected chi connectivity index (χ1v) is 12.7. The smallest absolute Gasteiger partial charge is 0.376 e. The molecule has 0 atom stereocenters. The molecule has 0 saturated heterocycles. The molecular formula is C23H22BrF3O3S. The standard InChI is InChI=1S/C23H22BrF3O3S/c24-20-3-1-15(2-4-20)16-10-19(12-21(11-16)30-31(28,29)23(25,26)27)22-17-6-13-5-14(8-17)9-18(22)7-13/h1-4,10-14,17-18,22H,5-9H2. The number of hydrogen-bond donors (Lipinski definition) is 0. The fourth-order valence-corrected chi connectivity index (χ4v) is 7.02. The molecule has 0 unspecified atom stereocenters. The maximum Gasteiger partial charge on any atom is 0.534 e. The second-order valence-corrected chi connectivity index (χ2v) is 11.7. The van der Waals surface area contributed by atoms with Crippen molar-refractivity contribution in [3.63, 3.8) is 0 Å². The SMILES string of the molecule is O=S(=O)(Oc1cc(-c2ccc(Br)cc2)cc(C2C3CC4CC(C3)CC2C4)c1)C(F)(F)F. The van der Waals surface area contributed by atoms with Crippen LogP contribution in [0.2, 0.25) is 0 Å². The van der Waals surface area contributed by atoms with E-state index in [0.717, 1.165) is 53.1 Å². The van der Waals surface area contributed by atoms with Crippen molar-refractivity contribution in [2.75, 3.05) is 0 Å². The van der Waals surface area contributed by atoms with Crippen molar-refractivity contribution in [3.8, 4) is 16.9 Å². The molecule has 6 rings (SSSR count). The van der Waals surface area contributed by atoms with Gasteiger partial charge in [-0.05, 0) is 103 Å². The fraction of sp³-hybridized carbons (Fsp3) is 0.478. The van der Waals surface area contributed by atoms with Crippen LogP contribution < -0.4 is 4.18 Å². The summed E-state index contributed by atoms with van der Waals surface area (Å²) in [5.74, 6) is 2.48. The van der Waals surface area contributed by atoms with Gasteiger partial charge in [0.05, 0.1) is 0 Å². The van der Waals surface area contributed by atoms with Crippen LogP contribution >= 0.6 is 15.9 Å². The molecule has 2 aromatic carbocycles. The third-order valence-electron chi connectivity index (χ3n) is 7.21. The first-order chi connectivity index (χ1) is 14.6. The summed E-state index contributed by atoms with van der Waals surface area (Å²) in [7, 11) is -5.73. The molecule has 3 nitrogen and oxygen atoms in total. The monoisotopic (exact) mass is 514 g/mol. The van der Waals surface area contributed by atoms with E-state index in [-0.39, 0.29) is 11.7 Å². The molecule has 31 heavy (non-hydrogen) atoms. The molecule has 0 aliphatic heterocycles. The van der Waals surface area contributed by atoms with Gasteiger partial charge in [-0.15, -0.1) is 0 Å². The lowest BCUT2D eigenvalue weighted by atomic mass is 9.50. The van der Waals surface area contributed by atoms with Gasteiger partial charge in [0.1, 0.15) is 5.75 Å². The van der Waals surface area contributed by atoms with Crippen LogP contribution in [-0.2, 0) is 10.1 Å². The predicted octanol–water partition coefficient (Wildman–Crippen LogP) is 6.88. The van der Waals surface area contributed by atoms with Crippen LogP contribution in [0.4, 0.5) is 13.2 Å². The van der Waals surface area contributed by atoms with Gasteiger partial charge in [-0.3, -0.25) is 0 Å². The first-order valence-electron chi connectivity index (χ1n) is 10.5. The van der Waals surface area contributed by atoms with E-state index in [9.17, 15) is 21.6 Å². The highest BCUT2D eigenvalue weighted by atomic mass is 79.9. The van der Waals surface area contributed by atoms with Crippen LogP contribution in [0.5, 0.6) is 5.75 Å². The van der Waals surface area contributed by atoms with Gasteiger partial charge in [-0.25, -0.2) is 0 Å². The molecule has 4 saturated carbocycles. The number of benzene rings is 2. The lowest BCUT2D eigenvalue weighted by Crippen LogP contribution is -2.43. The number of alkyl halides is 3. The largest absolute Gasteiger partial charge is 0.534 e. The maximum absolute atomic E-state index is 13.0. The summed E-state index contributed by atoms with van der Waals surface area (Å²) in [6.07, 6.45) is 5.90. The van der Waals surface area contributed by atoms with Crippen molar-refractivity contribution in [1.82, 2.24) is 0 Å². The van der Waals surface area contributed by atoms with E-state index in [2.05, 4.69) is 20.1 Å². The topological polar surface area (TPSA) is 43.4 Å². The van der Waals surface area contributed by atoms with E-state index >= 15 is 0 Å². The summed E-state index contributed by atoms with van der Waals surface area (Å²) in [5.41, 5.74) is -3.13. The first kappa shape index (κ1) is 21.3. The molecule has 0 N–H and O–H groups in total. The molecule has 0 amide bonds. The van der Waals surface area contributed by atoms with E-state index in [1.54, 1.807) is 0 Å². The minimum atomic E-state index is -5.73. The highest BCUT2D eigenvalue weighted by Crippen LogP contribution is 2.60. The van der Waals surface area contributed by atoms with Crippen molar-refractivity contribution < 1.29 is 25.8 Å². The molecule has 0 radical (unpaired) electrons. The van der Waals surface area contributed by atoms with Gasteiger partial charge in [0.2, 0.25) is 0 Å². The summed E-state index contributed by atoms with van der Waals surface area (Å²) < 4.78 is 67.7. The van der Waals surface area contributed by atoms with Crippen LogP contribution in [0.3, 0.4) is 0 Å². The molecule has 166 valence electrons. The highest BCUT2D eigenvalue weighted by molar-refractivity contribution is 9.10. The molecular weight excluding hydrogens is 493 g/mol. The lowest BCUT2D eigenvalue weighted by Gasteiger charge is -2.54. The second kappa shape index (κ2) is 7.51. The van der Waals surface area contributed by atoms with Crippen LogP contribution in [0.1, 0.15) is 43.6 Å². The quantitative estimate of drug-likeness (QED) is 0.329. The zero-order chi connectivity index (χ0) is 22.0. The molecule has 4 fully saturated rings. The Kier molecular flexibility index (Phi) is 5.16. The normalized spacial score (nSPS) is 29.9. The summed E-state index contributed by atoms with van der Waals surface area (Å²) in [6, 6.07) is 12.3. The van der Waals surface area contributed by atoms with Crippen LogP contribution in [0, 0.1) is 23.7 Å². The van der Waals surface area contributed by atoms with Crippen molar-refractivity contribution >= 4 is 26.0 Å². The van der Waals surface area contributed by atoms with E-state index in [1.807, 2.05) is 30.3 Å². The summed E-state index contributed by atoms with van der Waals surface area (Å²) >= 11 is 3.38. The summed E-state index contributed by atoms with van der Waals surface area (Å²) in [5, 5.41) is 0. The molecule has 0 aromatic heterocycles. The Hall–Kier alpha value is -1.54. The van der Waals surface area contributed by atoms with E-state index in [0.29, 0.717) is 17.4 Å². The van der Waals surface area contributed by atoms with Gasteiger partial charge in [0, 0.05) is 4.47 Å². The average molecular weight is 515 g/mol. The van der Waals surface area contributed by atoms with Gasteiger partial charge in [0.15, 0.2) is 0 Å². The van der Waals surface area contributed by atoms with Crippen molar-refractivity contribution in [3.05, 3.63) is 52.5 Å². The van der Waals surface area contributed by atoms with Gasteiger partial charge in [-0.1, -0.05) is 34.1 Å². The number of hydrogen-bond acceptors (Lipinski definition) is 3.